The molecule has 0 amide bonds. The molecule has 1 unspecified atom stereocenters. The molecule has 1 atom stereocenters. The fourth-order valence-electron chi connectivity index (χ4n) is 1.78. The molecule has 1 heterocycles. The van der Waals surface area contributed by atoms with Crippen molar-refractivity contribution in [3.05, 3.63) is 65.2 Å². The number of aromatic nitrogens is 1. The Morgan fingerprint density at radius 1 is 1.37 bits per heavy atom. The van der Waals surface area contributed by atoms with E-state index < -0.39 is 5.82 Å². The molecule has 0 aliphatic carbocycles. The molecule has 1 aromatic heterocycles. The first kappa shape index (κ1) is 13.2. The van der Waals surface area contributed by atoms with Crippen molar-refractivity contribution >= 4 is 0 Å². The zero-order chi connectivity index (χ0) is 13.7. The zero-order valence-electron chi connectivity index (χ0n) is 10.6. The number of pyridine rings is 1. The topological polar surface area (TPSA) is 48.7 Å². The summed E-state index contributed by atoms with van der Waals surface area (Å²) in [6, 6.07) is 12.2. The first-order valence-corrected chi connectivity index (χ1v) is 6.03. The van der Waals surface area contributed by atoms with Crippen LogP contribution in [0, 0.1) is 17.1 Å². The third kappa shape index (κ3) is 3.36. The lowest BCUT2D eigenvalue weighted by Gasteiger charge is -2.13. The molecule has 96 valence electrons. The van der Waals surface area contributed by atoms with Crippen LogP contribution in [0.5, 0.6) is 0 Å². The molecule has 0 bridgehead atoms. The number of halogens is 1. The number of nitriles is 1. The highest BCUT2D eigenvalue weighted by Crippen LogP contribution is 2.12. The van der Waals surface area contributed by atoms with Crippen molar-refractivity contribution in [2.24, 2.45) is 0 Å². The number of hydrogen-bond acceptors (Lipinski definition) is 3. The van der Waals surface area contributed by atoms with E-state index in [1.165, 1.54) is 6.07 Å². The van der Waals surface area contributed by atoms with Crippen molar-refractivity contribution in [3.63, 3.8) is 0 Å². The summed E-state index contributed by atoms with van der Waals surface area (Å²) in [4.78, 5) is 4.26. The number of benzene rings is 1. The molecule has 2 rings (SSSR count). The minimum Gasteiger partial charge on any atom is -0.305 e. The maximum absolute atomic E-state index is 13.2. The van der Waals surface area contributed by atoms with E-state index in [9.17, 15) is 4.39 Å². The molecule has 0 radical (unpaired) electrons. The van der Waals surface area contributed by atoms with Crippen LogP contribution < -0.4 is 5.32 Å². The predicted octanol–water partition coefficient (Wildman–Crippen LogP) is 2.94. The Hall–Kier alpha value is -2.25. The van der Waals surface area contributed by atoms with Crippen molar-refractivity contribution in [2.45, 2.75) is 19.5 Å². The fraction of sp³-hybridized carbons (Fsp3) is 0.200. The molecule has 4 heteroatoms. The molecule has 0 fully saturated rings. The van der Waals surface area contributed by atoms with Crippen molar-refractivity contribution in [2.75, 3.05) is 0 Å². The average molecular weight is 255 g/mol. The third-order valence-electron chi connectivity index (χ3n) is 2.90. The van der Waals surface area contributed by atoms with E-state index in [2.05, 4.69) is 10.3 Å². The summed E-state index contributed by atoms with van der Waals surface area (Å²) < 4.78 is 13.2. The van der Waals surface area contributed by atoms with Crippen LogP contribution in [0.15, 0.2) is 42.6 Å². The van der Waals surface area contributed by atoms with E-state index in [-0.39, 0.29) is 11.6 Å². The summed E-state index contributed by atoms with van der Waals surface area (Å²) in [5, 5.41) is 12.1. The van der Waals surface area contributed by atoms with Crippen molar-refractivity contribution < 1.29 is 4.39 Å². The second-order valence-electron chi connectivity index (χ2n) is 4.28. The monoisotopic (exact) mass is 255 g/mol. The standard InChI is InChI=1S/C15H14FN3/c1-11(15-4-2-3-7-18-15)19-10-12-5-6-14(16)13(8-12)9-17/h2-8,11,19H,10H2,1H3. The van der Waals surface area contributed by atoms with Crippen molar-refractivity contribution in [1.82, 2.24) is 10.3 Å². The quantitative estimate of drug-likeness (QED) is 0.913. The van der Waals surface area contributed by atoms with E-state index in [0.717, 1.165) is 11.3 Å². The van der Waals surface area contributed by atoms with Gasteiger partial charge in [-0.25, -0.2) is 4.39 Å². The van der Waals surface area contributed by atoms with Gasteiger partial charge in [0.1, 0.15) is 11.9 Å². The van der Waals surface area contributed by atoms with Crippen LogP contribution >= 0.6 is 0 Å². The van der Waals surface area contributed by atoms with Gasteiger partial charge in [-0.2, -0.15) is 5.26 Å². The Balaban J connectivity index is 2.01. The van der Waals surface area contributed by atoms with E-state index in [1.807, 2.05) is 31.2 Å². The van der Waals surface area contributed by atoms with Gasteiger partial charge in [-0.05, 0) is 36.8 Å². The van der Waals surface area contributed by atoms with Gasteiger partial charge in [-0.15, -0.1) is 0 Å². The van der Waals surface area contributed by atoms with Gasteiger partial charge in [0.2, 0.25) is 0 Å². The Kier molecular flexibility index (Phi) is 4.22. The number of nitrogens with zero attached hydrogens (tertiary/aromatic N) is 2. The molecule has 0 saturated carbocycles. The number of nitrogens with one attached hydrogen (secondary N) is 1. The molecule has 0 spiro atoms. The lowest BCUT2D eigenvalue weighted by molar-refractivity contribution is 0.560. The number of rotatable bonds is 4. The summed E-state index contributed by atoms with van der Waals surface area (Å²) in [6.07, 6.45) is 1.75. The van der Waals surface area contributed by atoms with E-state index >= 15 is 0 Å². The fourth-order valence-corrected chi connectivity index (χ4v) is 1.78. The van der Waals surface area contributed by atoms with Crippen molar-refractivity contribution in [1.29, 1.82) is 5.26 Å². The Bertz CT molecular complexity index is 590. The van der Waals surface area contributed by atoms with Gasteiger partial charge in [-0.3, -0.25) is 4.98 Å². The lowest BCUT2D eigenvalue weighted by atomic mass is 10.1. The van der Waals surface area contributed by atoms with Gasteiger partial charge in [0.15, 0.2) is 0 Å². The minimum absolute atomic E-state index is 0.0739. The second-order valence-corrected chi connectivity index (χ2v) is 4.28. The summed E-state index contributed by atoms with van der Waals surface area (Å²) in [5.41, 5.74) is 1.90. The molecule has 2 aromatic rings. The van der Waals surface area contributed by atoms with Gasteiger partial charge >= 0.3 is 0 Å². The summed E-state index contributed by atoms with van der Waals surface area (Å²) in [6.45, 7) is 2.57. The molecule has 3 nitrogen and oxygen atoms in total. The maximum atomic E-state index is 13.2. The first-order valence-electron chi connectivity index (χ1n) is 6.03. The van der Waals surface area contributed by atoms with Crippen LogP contribution in [0.25, 0.3) is 0 Å². The molecule has 1 aromatic carbocycles. The van der Waals surface area contributed by atoms with Gasteiger partial charge in [0.05, 0.1) is 11.3 Å². The smallest absolute Gasteiger partial charge is 0.140 e. The van der Waals surface area contributed by atoms with E-state index in [4.69, 9.17) is 5.26 Å². The largest absolute Gasteiger partial charge is 0.305 e. The lowest BCUT2D eigenvalue weighted by Crippen LogP contribution is -2.19. The molecule has 1 N–H and O–H groups in total. The average Bonchev–Trinajstić information content (AvgIpc) is 2.47. The molecular weight excluding hydrogens is 241 g/mol. The maximum Gasteiger partial charge on any atom is 0.140 e. The highest BCUT2D eigenvalue weighted by Gasteiger charge is 2.07. The SMILES string of the molecule is CC(NCc1ccc(F)c(C#N)c1)c1ccccn1. The van der Waals surface area contributed by atoms with E-state index in [0.29, 0.717) is 6.54 Å². The van der Waals surface area contributed by atoms with Crippen LogP contribution in [0.2, 0.25) is 0 Å². The van der Waals surface area contributed by atoms with Gasteiger partial charge in [0.25, 0.3) is 0 Å². The molecular formula is C15H14FN3. The van der Waals surface area contributed by atoms with Crippen LogP contribution in [-0.4, -0.2) is 4.98 Å². The number of hydrogen-bond donors (Lipinski definition) is 1. The molecule has 0 aliphatic rings. The summed E-state index contributed by atoms with van der Waals surface area (Å²) >= 11 is 0. The Labute approximate surface area is 111 Å². The van der Waals surface area contributed by atoms with E-state index in [1.54, 1.807) is 18.3 Å². The highest BCUT2D eigenvalue weighted by molar-refractivity contribution is 5.34. The van der Waals surface area contributed by atoms with Gasteiger partial charge in [-0.1, -0.05) is 12.1 Å². The second kappa shape index (κ2) is 6.07. The Morgan fingerprint density at radius 3 is 2.89 bits per heavy atom. The van der Waals surface area contributed by atoms with Crippen LogP contribution in [0.4, 0.5) is 4.39 Å². The van der Waals surface area contributed by atoms with Gasteiger partial charge in [0, 0.05) is 18.8 Å². The summed E-state index contributed by atoms with van der Waals surface area (Å²) in [5.74, 6) is -0.482. The van der Waals surface area contributed by atoms with Gasteiger partial charge < -0.3 is 5.32 Å². The minimum atomic E-state index is -0.482. The van der Waals surface area contributed by atoms with Crippen LogP contribution in [0.3, 0.4) is 0 Å². The van der Waals surface area contributed by atoms with Crippen LogP contribution in [-0.2, 0) is 6.54 Å². The van der Waals surface area contributed by atoms with Crippen molar-refractivity contribution in [3.8, 4) is 6.07 Å². The molecule has 19 heavy (non-hydrogen) atoms. The molecule has 0 saturated heterocycles. The summed E-state index contributed by atoms with van der Waals surface area (Å²) in [7, 11) is 0. The predicted molar refractivity (Wildman–Crippen MR) is 70.6 cm³/mol. The first-order chi connectivity index (χ1) is 9.20. The zero-order valence-corrected chi connectivity index (χ0v) is 10.6. The third-order valence-corrected chi connectivity index (χ3v) is 2.90. The normalized spacial score (nSPS) is 11.8. The highest BCUT2D eigenvalue weighted by atomic mass is 19.1. The Morgan fingerprint density at radius 2 is 2.21 bits per heavy atom. The van der Waals surface area contributed by atoms with Crippen LogP contribution in [0.1, 0.15) is 29.8 Å². The molecule has 0 aliphatic heterocycles.